The van der Waals surface area contributed by atoms with Crippen molar-refractivity contribution in [2.45, 2.75) is 32.1 Å². The number of hydrogen-bond acceptors (Lipinski definition) is 4. The second-order valence-electron chi connectivity index (χ2n) is 6.49. The third kappa shape index (κ3) is 7.99. The zero-order chi connectivity index (χ0) is 16.2. The zero-order valence-electron chi connectivity index (χ0n) is 14.7. The highest BCUT2D eigenvalue weighted by Gasteiger charge is 2.15. The first-order valence-electron chi connectivity index (χ1n) is 9.21. The van der Waals surface area contributed by atoms with Crippen LogP contribution in [0.2, 0.25) is 0 Å². The molecule has 2 rings (SSSR count). The van der Waals surface area contributed by atoms with Gasteiger partial charge in [-0.3, -0.25) is 4.99 Å². The smallest absolute Gasteiger partial charge is 0.191 e. The molecule has 2 heterocycles. The van der Waals surface area contributed by atoms with Gasteiger partial charge in [-0.2, -0.15) is 0 Å². The Hall–Kier alpha value is -0.850. The van der Waals surface area contributed by atoms with E-state index in [-0.39, 0.29) is 0 Å². The molecular formula is C17H34N4O2. The molecule has 6 nitrogen and oxygen atoms in total. The maximum atomic E-state index is 5.71. The Labute approximate surface area is 141 Å². The second-order valence-corrected chi connectivity index (χ2v) is 6.49. The monoisotopic (exact) mass is 326 g/mol. The van der Waals surface area contributed by atoms with Crippen LogP contribution in [-0.4, -0.2) is 77.1 Å². The van der Waals surface area contributed by atoms with Crippen molar-refractivity contribution in [3.63, 3.8) is 0 Å². The van der Waals surface area contributed by atoms with Gasteiger partial charge in [0.25, 0.3) is 0 Å². The quantitative estimate of drug-likeness (QED) is 0.377. The number of piperidine rings is 1. The van der Waals surface area contributed by atoms with Gasteiger partial charge >= 0.3 is 0 Å². The highest BCUT2D eigenvalue weighted by molar-refractivity contribution is 5.79. The summed E-state index contributed by atoms with van der Waals surface area (Å²) in [5, 5.41) is 6.74. The van der Waals surface area contributed by atoms with Crippen molar-refractivity contribution in [2.24, 2.45) is 10.9 Å². The first-order chi connectivity index (χ1) is 11.4. The second kappa shape index (κ2) is 11.6. The van der Waals surface area contributed by atoms with Gasteiger partial charge in [0, 0.05) is 45.8 Å². The molecule has 6 heteroatoms. The lowest BCUT2D eigenvalue weighted by Crippen LogP contribution is -2.43. The van der Waals surface area contributed by atoms with Gasteiger partial charge in [-0.05, 0) is 38.8 Å². The Bertz CT molecular complexity index is 327. The molecule has 0 aromatic heterocycles. The highest BCUT2D eigenvalue weighted by atomic mass is 16.5. The number of rotatable bonds is 9. The van der Waals surface area contributed by atoms with Crippen molar-refractivity contribution in [1.82, 2.24) is 15.5 Å². The summed E-state index contributed by atoms with van der Waals surface area (Å²) in [6.45, 7) is 8.85. The lowest BCUT2D eigenvalue weighted by molar-refractivity contribution is 0.0888. The largest absolute Gasteiger partial charge is 0.381 e. The fourth-order valence-corrected chi connectivity index (χ4v) is 3.08. The molecule has 0 aromatic carbocycles. The van der Waals surface area contributed by atoms with Gasteiger partial charge < -0.3 is 25.0 Å². The van der Waals surface area contributed by atoms with E-state index in [1.807, 2.05) is 7.05 Å². The van der Waals surface area contributed by atoms with Crippen LogP contribution in [0.4, 0.5) is 0 Å². The first kappa shape index (κ1) is 18.5. The van der Waals surface area contributed by atoms with Crippen LogP contribution in [0.3, 0.4) is 0 Å². The molecule has 2 N–H and O–H groups in total. The van der Waals surface area contributed by atoms with Crippen LogP contribution in [0, 0.1) is 5.92 Å². The van der Waals surface area contributed by atoms with E-state index in [2.05, 4.69) is 20.5 Å². The van der Waals surface area contributed by atoms with E-state index in [1.165, 1.54) is 32.4 Å². The highest BCUT2D eigenvalue weighted by Crippen LogP contribution is 2.12. The first-order valence-corrected chi connectivity index (χ1v) is 9.21. The molecule has 0 aromatic rings. The summed E-state index contributed by atoms with van der Waals surface area (Å²) in [6.07, 6.45) is 6.23. The SMILES string of the molecule is CN=C(NCCCOCC1CCOC1)NCCN1CCCCC1. The van der Waals surface area contributed by atoms with Gasteiger partial charge in [0.05, 0.1) is 13.2 Å². The van der Waals surface area contributed by atoms with E-state index < -0.39 is 0 Å². The molecular weight excluding hydrogens is 292 g/mol. The van der Waals surface area contributed by atoms with E-state index in [4.69, 9.17) is 9.47 Å². The van der Waals surface area contributed by atoms with Crippen molar-refractivity contribution >= 4 is 5.96 Å². The molecule has 0 bridgehead atoms. The molecule has 0 spiro atoms. The van der Waals surface area contributed by atoms with Crippen LogP contribution in [0.1, 0.15) is 32.1 Å². The van der Waals surface area contributed by atoms with Crippen LogP contribution >= 0.6 is 0 Å². The zero-order valence-corrected chi connectivity index (χ0v) is 14.7. The van der Waals surface area contributed by atoms with Crippen LogP contribution in [0.15, 0.2) is 4.99 Å². The number of guanidine groups is 1. The summed E-state index contributed by atoms with van der Waals surface area (Å²) in [4.78, 5) is 6.80. The summed E-state index contributed by atoms with van der Waals surface area (Å²) in [5.41, 5.74) is 0. The number of aliphatic imine (C=N–C) groups is 1. The summed E-state index contributed by atoms with van der Waals surface area (Å²) in [6, 6.07) is 0. The normalized spacial score (nSPS) is 23.2. The maximum absolute atomic E-state index is 5.71. The summed E-state index contributed by atoms with van der Waals surface area (Å²) in [7, 11) is 1.83. The lowest BCUT2D eigenvalue weighted by atomic mass is 10.1. The van der Waals surface area contributed by atoms with Crippen molar-refractivity contribution in [2.75, 3.05) is 66.2 Å². The molecule has 0 saturated carbocycles. The van der Waals surface area contributed by atoms with E-state index in [9.17, 15) is 0 Å². The Morgan fingerprint density at radius 2 is 2.04 bits per heavy atom. The van der Waals surface area contributed by atoms with Crippen molar-refractivity contribution in [3.05, 3.63) is 0 Å². The summed E-state index contributed by atoms with van der Waals surface area (Å²) in [5.74, 6) is 1.50. The van der Waals surface area contributed by atoms with Crippen LogP contribution in [-0.2, 0) is 9.47 Å². The molecule has 134 valence electrons. The predicted octanol–water partition coefficient (Wildman–Crippen LogP) is 1.08. The van der Waals surface area contributed by atoms with Crippen LogP contribution in [0.5, 0.6) is 0 Å². The fourth-order valence-electron chi connectivity index (χ4n) is 3.08. The standard InChI is InChI=1S/C17H34N4O2/c1-18-17(20-8-11-21-9-3-2-4-10-21)19-7-5-12-22-14-16-6-13-23-15-16/h16H,2-15H2,1H3,(H2,18,19,20). The lowest BCUT2D eigenvalue weighted by Gasteiger charge is -2.26. The number of nitrogens with zero attached hydrogens (tertiary/aromatic N) is 2. The van der Waals surface area contributed by atoms with E-state index in [1.54, 1.807) is 0 Å². The minimum absolute atomic E-state index is 0.604. The molecule has 1 atom stereocenters. The molecule has 2 saturated heterocycles. The topological polar surface area (TPSA) is 58.1 Å². The Kier molecular flexibility index (Phi) is 9.36. The van der Waals surface area contributed by atoms with Crippen molar-refractivity contribution < 1.29 is 9.47 Å². The molecule has 2 fully saturated rings. The average Bonchev–Trinajstić information content (AvgIpc) is 3.10. The van der Waals surface area contributed by atoms with Gasteiger partial charge in [0.2, 0.25) is 0 Å². The third-order valence-electron chi connectivity index (χ3n) is 4.53. The molecule has 23 heavy (non-hydrogen) atoms. The number of nitrogens with one attached hydrogen (secondary N) is 2. The molecule has 0 aliphatic carbocycles. The summed E-state index contributed by atoms with van der Waals surface area (Å²) >= 11 is 0. The molecule has 2 aliphatic rings. The van der Waals surface area contributed by atoms with Gasteiger partial charge in [0.15, 0.2) is 5.96 Å². The maximum Gasteiger partial charge on any atom is 0.191 e. The van der Waals surface area contributed by atoms with Gasteiger partial charge in [-0.25, -0.2) is 0 Å². The van der Waals surface area contributed by atoms with E-state index in [0.717, 1.165) is 64.9 Å². The average molecular weight is 326 g/mol. The van der Waals surface area contributed by atoms with Crippen LogP contribution < -0.4 is 10.6 Å². The van der Waals surface area contributed by atoms with Crippen LogP contribution in [0.25, 0.3) is 0 Å². The molecule has 0 amide bonds. The Morgan fingerprint density at radius 1 is 1.22 bits per heavy atom. The fraction of sp³-hybridized carbons (Fsp3) is 0.941. The molecule has 2 aliphatic heterocycles. The Balaban J connectivity index is 1.42. The van der Waals surface area contributed by atoms with Gasteiger partial charge in [-0.15, -0.1) is 0 Å². The number of hydrogen-bond donors (Lipinski definition) is 2. The van der Waals surface area contributed by atoms with Crippen molar-refractivity contribution in [3.8, 4) is 0 Å². The minimum Gasteiger partial charge on any atom is -0.381 e. The number of ether oxygens (including phenoxy) is 2. The van der Waals surface area contributed by atoms with Gasteiger partial charge in [0.1, 0.15) is 0 Å². The van der Waals surface area contributed by atoms with Gasteiger partial charge in [-0.1, -0.05) is 6.42 Å². The molecule has 0 radical (unpaired) electrons. The number of likely N-dealkylation sites (tertiary alicyclic amines) is 1. The van der Waals surface area contributed by atoms with E-state index in [0.29, 0.717) is 5.92 Å². The van der Waals surface area contributed by atoms with Crippen molar-refractivity contribution in [1.29, 1.82) is 0 Å². The molecule has 1 unspecified atom stereocenters. The minimum atomic E-state index is 0.604. The summed E-state index contributed by atoms with van der Waals surface area (Å²) < 4.78 is 11.0. The van der Waals surface area contributed by atoms with E-state index >= 15 is 0 Å². The third-order valence-corrected chi connectivity index (χ3v) is 4.53. The predicted molar refractivity (Wildman–Crippen MR) is 94.0 cm³/mol. The Morgan fingerprint density at radius 3 is 2.78 bits per heavy atom.